The van der Waals surface area contributed by atoms with Crippen LogP contribution >= 0.6 is 0 Å². The zero-order chi connectivity index (χ0) is 10.4. The van der Waals surface area contributed by atoms with Crippen LogP contribution in [0.5, 0.6) is 0 Å². The second-order valence-electron chi connectivity index (χ2n) is 3.64. The highest BCUT2D eigenvalue weighted by molar-refractivity contribution is 5.80. The van der Waals surface area contributed by atoms with E-state index in [0.29, 0.717) is 19.6 Å². The molecule has 80 valence electrons. The molecule has 0 aromatic rings. The SMILES string of the molecule is CCC(=O)CNCN1CCC[C@H]1C=O. The van der Waals surface area contributed by atoms with E-state index in [9.17, 15) is 9.59 Å². The fraction of sp³-hybridized carbons (Fsp3) is 0.800. The van der Waals surface area contributed by atoms with Crippen molar-refractivity contribution in [2.45, 2.75) is 32.2 Å². The Kier molecular flexibility index (Phi) is 4.76. The zero-order valence-corrected chi connectivity index (χ0v) is 8.66. The highest BCUT2D eigenvalue weighted by atomic mass is 16.1. The molecule has 0 spiro atoms. The summed E-state index contributed by atoms with van der Waals surface area (Å²) in [5, 5.41) is 3.06. The number of carbonyl (C=O) groups is 2. The number of aldehydes is 1. The quantitative estimate of drug-likeness (QED) is 0.618. The first-order valence-corrected chi connectivity index (χ1v) is 5.19. The van der Waals surface area contributed by atoms with Gasteiger partial charge < -0.3 is 4.79 Å². The van der Waals surface area contributed by atoms with Gasteiger partial charge in [0.1, 0.15) is 12.1 Å². The molecule has 0 saturated carbocycles. The number of nitrogens with zero attached hydrogens (tertiary/aromatic N) is 1. The number of likely N-dealkylation sites (tertiary alicyclic amines) is 1. The molecule has 1 rings (SSSR count). The minimum absolute atomic E-state index is 0.0548. The van der Waals surface area contributed by atoms with Gasteiger partial charge in [-0.05, 0) is 12.8 Å². The van der Waals surface area contributed by atoms with Gasteiger partial charge in [-0.25, -0.2) is 0 Å². The van der Waals surface area contributed by atoms with E-state index in [0.717, 1.165) is 25.7 Å². The molecule has 1 saturated heterocycles. The molecule has 1 aliphatic heterocycles. The maximum absolute atomic E-state index is 11.0. The van der Waals surface area contributed by atoms with Gasteiger partial charge in [0, 0.05) is 19.6 Å². The lowest BCUT2D eigenvalue weighted by atomic mass is 10.2. The van der Waals surface area contributed by atoms with Crippen LogP contribution in [0.15, 0.2) is 0 Å². The molecule has 0 aromatic carbocycles. The van der Waals surface area contributed by atoms with Crippen molar-refractivity contribution in [3.05, 3.63) is 0 Å². The fourth-order valence-corrected chi connectivity index (χ4v) is 1.67. The molecular weight excluding hydrogens is 180 g/mol. The van der Waals surface area contributed by atoms with E-state index in [1.807, 2.05) is 6.92 Å². The third-order valence-corrected chi connectivity index (χ3v) is 2.60. The van der Waals surface area contributed by atoms with Gasteiger partial charge in [-0.15, -0.1) is 0 Å². The van der Waals surface area contributed by atoms with Crippen molar-refractivity contribution < 1.29 is 9.59 Å². The van der Waals surface area contributed by atoms with Gasteiger partial charge in [0.2, 0.25) is 0 Å². The summed E-state index contributed by atoms with van der Waals surface area (Å²) in [6, 6.07) is 0.0548. The third kappa shape index (κ3) is 3.20. The second-order valence-corrected chi connectivity index (χ2v) is 3.64. The predicted molar refractivity (Wildman–Crippen MR) is 54.0 cm³/mol. The monoisotopic (exact) mass is 198 g/mol. The Hall–Kier alpha value is -0.740. The lowest BCUT2D eigenvalue weighted by Gasteiger charge is -2.19. The molecule has 14 heavy (non-hydrogen) atoms. The van der Waals surface area contributed by atoms with E-state index in [-0.39, 0.29) is 11.8 Å². The molecule has 4 heteroatoms. The lowest BCUT2D eigenvalue weighted by Crippen LogP contribution is -2.40. The number of Topliss-reactive ketones (excluding diaryl/α,β-unsaturated/α-hetero) is 1. The molecule has 0 aromatic heterocycles. The number of rotatable bonds is 6. The van der Waals surface area contributed by atoms with Crippen molar-refractivity contribution in [2.24, 2.45) is 0 Å². The van der Waals surface area contributed by atoms with Gasteiger partial charge in [0.05, 0.1) is 12.6 Å². The van der Waals surface area contributed by atoms with Crippen molar-refractivity contribution in [2.75, 3.05) is 19.8 Å². The Morgan fingerprint density at radius 1 is 1.64 bits per heavy atom. The van der Waals surface area contributed by atoms with Crippen molar-refractivity contribution in [3.63, 3.8) is 0 Å². The predicted octanol–water partition coefficient (Wildman–Crippen LogP) is 0.176. The molecular formula is C10H18N2O2. The Balaban J connectivity index is 2.17. The minimum Gasteiger partial charge on any atom is -0.302 e. The second kappa shape index (κ2) is 5.88. The Bertz CT molecular complexity index is 206. The van der Waals surface area contributed by atoms with Crippen LogP contribution in [0.25, 0.3) is 0 Å². The molecule has 4 nitrogen and oxygen atoms in total. The van der Waals surface area contributed by atoms with Crippen LogP contribution < -0.4 is 5.32 Å². The summed E-state index contributed by atoms with van der Waals surface area (Å²) >= 11 is 0. The Labute approximate surface area is 84.7 Å². The average Bonchev–Trinajstić information content (AvgIpc) is 2.65. The van der Waals surface area contributed by atoms with Crippen LogP contribution in [0.3, 0.4) is 0 Å². The number of hydrogen-bond acceptors (Lipinski definition) is 4. The van der Waals surface area contributed by atoms with Crippen LogP contribution in [0.2, 0.25) is 0 Å². The Morgan fingerprint density at radius 3 is 3.07 bits per heavy atom. The summed E-state index contributed by atoms with van der Waals surface area (Å²) < 4.78 is 0. The molecule has 1 heterocycles. The fourth-order valence-electron chi connectivity index (χ4n) is 1.67. The summed E-state index contributed by atoms with van der Waals surface area (Å²) in [7, 11) is 0. The highest BCUT2D eigenvalue weighted by Gasteiger charge is 2.22. The summed E-state index contributed by atoms with van der Waals surface area (Å²) in [4.78, 5) is 23.7. The lowest BCUT2D eigenvalue weighted by molar-refractivity contribution is -0.118. The summed E-state index contributed by atoms with van der Waals surface area (Å²) in [5.41, 5.74) is 0. The van der Waals surface area contributed by atoms with Crippen LogP contribution in [0, 0.1) is 0 Å². The summed E-state index contributed by atoms with van der Waals surface area (Å²) in [5.74, 6) is 0.215. The van der Waals surface area contributed by atoms with Crippen molar-refractivity contribution >= 4 is 12.1 Å². The highest BCUT2D eigenvalue weighted by Crippen LogP contribution is 2.13. The topological polar surface area (TPSA) is 49.4 Å². The van der Waals surface area contributed by atoms with Gasteiger partial charge in [0.15, 0.2) is 0 Å². The Morgan fingerprint density at radius 2 is 2.43 bits per heavy atom. The van der Waals surface area contributed by atoms with Crippen molar-refractivity contribution in [1.29, 1.82) is 0 Å². The molecule has 0 aliphatic carbocycles. The molecule has 1 fully saturated rings. The van der Waals surface area contributed by atoms with E-state index in [4.69, 9.17) is 0 Å². The average molecular weight is 198 g/mol. The first-order chi connectivity index (χ1) is 6.77. The number of hydrogen-bond donors (Lipinski definition) is 1. The van der Waals surface area contributed by atoms with E-state index < -0.39 is 0 Å². The van der Waals surface area contributed by atoms with Gasteiger partial charge in [-0.3, -0.25) is 15.0 Å². The molecule has 0 radical (unpaired) electrons. The third-order valence-electron chi connectivity index (χ3n) is 2.60. The number of nitrogens with one attached hydrogen (secondary N) is 1. The van der Waals surface area contributed by atoms with Crippen LogP contribution in [0.1, 0.15) is 26.2 Å². The smallest absolute Gasteiger partial charge is 0.146 e. The standard InChI is InChI=1S/C10H18N2O2/c1-2-10(14)6-11-8-12-5-3-4-9(12)7-13/h7,9,11H,2-6,8H2,1H3/t9-/m0/s1. The largest absolute Gasteiger partial charge is 0.302 e. The van der Waals surface area contributed by atoms with Crippen molar-refractivity contribution in [1.82, 2.24) is 10.2 Å². The van der Waals surface area contributed by atoms with Gasteiger partial charge in [0.25, 0.3) is 0 Å². The number of ketones is 1. The molecule has 1 N–H and O–H groups in total. The van der Waals surface area contributed by atoms with Crippen molar-refractivity contribution in [3.8, 4) is 0 Å². The maximum atomic E-state index is 11.0. The zero-order valence-electron chi connectivity index (χ0n) is 8.66. The molecule has 0 amide bonds. The molecule has 0 unspecified atom stereocenters. The summed E-state index contributed by atoms with van der Waals surface area (Å²) in [6.07, 6.45) is 3.60. The van der Waals surface area contributed by atoms with Crippen LogP contribution in [0.4, 0.5) is 0 Å². The summed E-state index contributed by atoms with van der Waals surface area (Å²) in [6.45, 7) is 3.87. The van der Waals surface area contributed by atoms with Crippen LogP contribution in [-0.4, -0.2) is 42.8 Å². The first kappa shape index (κ1) is 11.3. The van der Waals surface area contributed by atoms with E-state index in [1.165, 1.54) is 0 Å². The van der Waals surface area contributed by atoms with Crippen LogP contribution in [-0.2, 0) is 9.59 Å². The molecule has 0 bridgehead atoms. The first-order valence-electron chi connectivity index (χ1n) is 5.19. The molecule has 1 atom stereocenters. The minimum atomic E-state index is 0.0548. The maximum Gasteiger partial charge on any atom is 0.146 e. The van der Waals surface area contributed by atoms with Gasteiger partial charge in [-0.2, -0.15) is 0 Å². The number of carbonyl (C=O) groups excluding carboxylic acids is 2. The van der Waals surface area contributed by atoms with E-state index in [2.05, 4.69) is 10.2 Å². The normalized spacial score (nSPS) is 22.5. The van der Waals surface area contributed by atoms with E-state index >= 15 is 0 Å². The van der Waals surface area contributed by atoms with Gasteiger partial charge in [-0.1, -0.05) is 6.92 Å². The molecule has 1 aliphatic rings. The van der Waals surface area contributed by atoms with E-state index in [1.54, 1.807) is 0 Å². The van der Waals surface area contributed by atoms with Gasteiger partial charge >= 0.3 is 0 Å².